The molecule has 1 aromatic rings. The second-order valence-electron chi connectivity index (χ2n) is 5.65. The molecule has 0 bridgehead atoms. The molecule has 2 rings (SSSR count). The minimum Gasteiger partial charge on any atom is -0.491 e. The molecule has 1 N–H and O–H groups in total. The smallest absolute Gasteiger partial charge is 0.159 e. The molecular weight excluding hydrogens is 268 g/mol. The molecule has 1 heterocycles. The molecule has 0 radical (unpaired) electrons. The summed E-state index contributed by atoms with van der Waals surface area (Å²) in [5.74, 6) is 0.717. The number of aliphatic hydroxyl groups is 1. The summed E-state index contributed by atoms with van der Waals surface area (Å²) in [7, 11) is 2.11. The first-order valence-corrected chi connectivity index (χ1v) is 7.37. The summed E-state index contributed by atoms with van der Waals surface area (Å²) in [5.41, 5.74) is 0.667. The predicted molar refractivity (Wildman–Crippen MR) is 81.9 cm³/mol. The van der Waals surface area contributed by atoms with Gasteiger partial charge < -0.3 is 14.7 Å². The summed E-state index contributed by atoms with van der Waals surface area (Å²) in [6.45, 7) is 6.50. The molecule has 1 atom stereocenters. The number of ketones is 1. The highest BCUT2D eigenvalue weighted by Gasteiger charge is 2.17. The number of aliphatic hydroxyl groups excluding tert-OH is 1. The molecular formula is C16H24N2O3. The second-order valence-corrected chi connectivity index (χ2v) is 5.65. The van der Waals surface area contributed by atoms with Gasteiger partial charge in [-0.25, -0.2) is 0 Å². The number of hydrogen-bond donors (Lipinski definition) is 1. The summed E-state index contributed by atoms with van der Waals surface area (Å²) in [4.78, 5) is 15.7. The van der Waals surface area contributed by atoms with Crippen molar-refractivity contribution < 1.29 is 14.6 Å². The lowest BCUT2D eigenvalue weighted by atomic mass is 10.1. The summed E-state index contributed by atoms with van der Waals surface area (Å²) >= 11 is 0. The summed E-state index contributed by atoms with van der Waals surface area (Å²) in [5, 5.41) is 10.0. The molecule has 0 saturated carbocycles. The molecule has 116 valence electrons. The van der Waals surface area contributed by atoms with Crippen LogP contribution in [0.4, 0.5) is 0 Å². The fourth-order valence-electron chi connectivity index (χ4n) is 2.36. The van der Waals surface area contributed by atoms with Gasteiger partial charge in [-0.1, -0.05) is 0 Å². The van der Waals surface area contributed by atoms with E-state index >= 15 is 0 Å². The van der Waals surface area contributed by atoms with Gasteiger partial charge in [-0.15, -0.1) is 0 Å². The normalized spacial score (nSPS) is 18.4. The topological polar surface area (TPSA) is 53.0 Å². The van der Waals surface area contributed by atoms with Gasteiger partial charge in [0.05, 0.1) is 0 Å². The van der Waals surface area contributed by atoms with Gasteiger partial charge in [-0.2, -0.15) is 0 Å². The van der Waals surface area contributed by atoms with Crippen LogP contribution in [0.25, 0.3) is 0 Å². The summed E-state index contributed by atoms with van der Waals surface area (Å²) < 4.78 is 5.57. The molecule has 5 heteroatoms. The van der Waals surface area contributed by atoms with Gasteiger partial charge in [-0.3, -0.25) is 9.69 Å². The third-order valence-electron chi connectivity index (χ3n) is 3.77. The SMILES string of the molecule is CC(=O)c1ccc(OCC(O)CN2CCN(C)CC2)cc1. The van der Waals surface area contributed by atoms with Crippen LogP contribution in [0.2, 0.25) is 0 Å². The number of piperazine rings is 1. The van der Waals surface area contributed by atoms with Gasteiger partial charge in [0.2, 0.25) is 0 Å². The van der Waals surface area contributed by atoms with Crippen molar-refractivity contribution in [2.75, 3.05) is 46.4 Å². The molecule has 1 aliphatic heterocycles. The zero-order chi connectivity index (χ0) is 15.2. The molecule has 1 saturated heterocycles. The Morgan fingerprint density at radius 2 is 1.86 bits per heavy atom. The first-order chi connectivity index (χ1) is 10.0. The number of benzene rings is 1. The van der Waals surface area contributed by atoms with Crippen molar-refractivity contribution in [3.63, 3.8) is 0 Å². The number of hydrogen-bond acceptors (Lipinski definition) is 5. The molecule has 1 fully saturated rings. The van der Waals surface area contributed by atoms with Crippen LogP contribution in [-0.4, -0.2) is 73.2 Å². The van der Waals surface area contributed by atoms with Crippen molar-refractivity contribution in [1.82, 2.24) is 9.80 Å². The van der Waals surface area contributed by atoms with Crippen LogP contribution < -0.4 is 4.74 Å². The van der Waals surface area contributed by atoms with Crippen molar-refractivity contribution in [2.24, 2.45) is 0 Å². The number of carbonyl (C=O) groups excluding carboxylic acids is 1. The van der Waals surface area contributed by atoms with Gasteiger partial charge >= 0.3 is 0 Å². The van der Waals surface area contributed by atoms with Crippen LogP contribution in [0.15, 0.2) is 24.3 Å². The Hall–Kier alpha value is -1.43. The van der Waals surface area contributed by atoms with Crippen LogP contribution in [0, 0.1) is 0 Å². The van der Waals surface area contributed by atoms with E-state index in [1.54, 1.807) is 24.3 Å². The van der Waals surface area contributed by atoms with Crippen LogP contribution in [-0.2, 0) is 0 Å². The Labute approximate surface area is 126 Å². The first-order valence-electron chi connectivity index (χ1n) is 7.37. The fourth-order valence-corrected chi connectivity index (χ4v) is 2.36. The zero-order valence-electron chi connectivity index (χ0n) is 12.8. The monoisotopic (exact) mass is 292 g/mol. The van der Waals surface area contributed by atoms with Crippen molar-refractivity contribution in [3.05, 3.63) is 29.8 Å². The molecule has 1 aliphatic rings. The summed E-state index contributed by atoms with van der Waals surface area (Å²) in [6, 6.07) is 7.01. The highest BCUT2D eigenvalue weighted by molar-refractivity contribution is 5.94. The zero-order valence-corrected chi connectivity index (χ0v) is 12.8. The maximum atomic E-state index is 11.2. The van der Waals surface area contributed by atoms with Gasteiger partial charge in [0, 0.05) is 38.3 Å². The number of rotatable bonds is 6. The maximum absolute atomic E-state index is 11.2. The minimum atomic E-state index is -0.499. The average Bonchev–Trinajstić information content (AvgIpc) is 2.48. The molecule has 1 unspecified atom stereocenters. The van der Waals surface area contributed by atoms with E-state index in [9.17, 15) is 9.90 Å². The van der Waals surface area contributed by atoms with Crippen molar-refractivity contribution in [3.8, 4) is 5.75 Å². The van der Waals surface area contributed by atoms with Gasteiger partial charge in [0.25, 0.3) is 0 Å². The minimum absolute atomic E-state index is 0.0386. The fraction of sp³-hybridized carbons (Fsp3) is 0.562. The number of Topliss-reactive ketones (excluding diaryl/α,β-unsaturated/α-hetero) is 1. The van der Waals surface area contributed by atoms with E-state index in [0.717, 1.165) is 26.2 Å². The lowest BCUT2D eigenvalue weighted by Crippen LogP contribution is -2.47. The number of carbonyl (C=O) groups is 1. The Bertz CT molecular complexity index is 453. The van der Waals surface area contributed by atoms with Crippen molar-refractivity contribution in [2.45, 2.75) is 13.0 Å². The quantitative estimate of drug-likeness (QED) is 0.789. The molecule has 21 heavy (non-hydrogen) atoms. The van der Waals surface area contributed by atoms with E-state index in [2.05, 4.69) is 16.8 Å². The number of β-amino-alcohol motifs (C(OH)–C–C–N with tert-alkyl or cyclic N) is 1. The Morgan fingerprint density at radius 1 is 1.24 bits per heavy atom. The molecule has 1 aromatic carbocycles. The van der Waals surface area contributed by atoms with E-state index < -0.39 is 6.10 Å². The van der Waals surface area contributed by atoms with Crippen LogP contribution in [0.5, 0.6) is 5.75 Å². The standard InChI is InChI=1S/C16H24N2O3/c1-13(19)14-3-5-16(6-4-14)21-12-15(20)11-18-9-7-17(2)8-10-18/h3-6,15,20H,7-12H2,1-2H3. The van der Waals surface area contributed by atoms with Crippen LogP contribution in [0.3, 0.4) is 0 Å². The van der Waals surface area contributed by atoms with Crippen LogP contribution >= 0.6 is 0 Å². The van der Waals surface area contributed by atoms with E-state index in [-0.39, 0.29) is 12.4 Å². The average molecular weight is 292 g/mol. The van der Waals surface area contributed by atoms with Crippen LogP contribution in [0.1, 0.15) is 17.3 Å². The number of nitrogens with zero attached hydrogens (tertiary/aromatic N) is 2. The first kappa shape index (κ1) is 15.9. The molecule has 0 amide bonds. The lowest BCUT2D eigenvalue weighted by Gasteiger charge is -2.33. The van der Waals surface area contributed by atoms with E-state index in [1.165, 1.54) is 6.92 Å². The largest absolute Gasteiger partial charge is 0.491 e. The van der Waals surface area contributed by atoms with E-state index in [1.807, 2.05) is 0 Å². The Morgan fingerprint density at radius 3 is 2.43 bits per heavy atom. The number of ether oxygens (including phenoxy) is 1. The highest BCUT2D eigenvalue weighted by Crippen LogP contribution is 2.13. The van der Waals surface area contributed by atoms with E-state index in [0.29, 0.717) is 17.9 Å². The van der Waals surface area contributed by atoms with Gasteiger partial charge in [0.1, 0.15) is 18.5 Å². The molecule has 0 aromatic heterocycles. The van der Waals surface area contributed by atoms with Crippen molar-refractivity contribution >= 4 is 5.78 Å². The van der Waals surface area contributed by atoms with Gasteiger partial charge in [-0.05, 0) is 38.2 Å². The van der Waals surface area contributed by atoms with Gasteiger partial charge in [0.15, 0.2) is 5.78 Å². The van der Waals surface area contributed by atoms with E-state index in [4.69, 9.17) is 4.74 Å². The highest BCUT2D eigenvalue weighted by atomic mass is 16.5. The third kappa shape index (κ3) is 5.12. The number of likely N-dealkylation sites (N-methyl/N-ethyl adjacent to an activating group) is 1. The lowest BCUT2D eigenvalue weighted by molar-refractivity contribution is 0.0504. The van der Waals surface area contributed by atoms with Crippen molar-refractivity contribution in [1.29, 1.82) is 0 Å². The Kier molecular flexibility index (Phi) is 5.73. The Balaban J connectivity index is 1.73. The maximum Gasteiger partial charge on any atom is 0.159 e. The molecule has 5 nitrogen and oxygen atoms in total. The second kappa shape index (κ2) is 7.54. The predicted octanol–water partition coefficient (Wildman–Crippen LogP) is 0.876. The third-order valence-corrected chi connectivity index (χ3v) is 3.77. The molecule has 0 aliphatic carbocycles. The summed E-state index contributed by atoms with van der Waals surface area (Å²) in [6.07, 6.45) is -0.499. The molecule has 0 spiro atoms.